The van der Waals surface area contributed by atoms with Gasteiger partial charge in [-0.3, -0.25) is 9.59 Å². The second kappa shape index (κ2) is 8.44. The van der Waals surface area contributed by atoms with Gasteiger partial charge in [-0.1, -0.05) is 53.8 Å². The Morgan fingerprint density at radius 2 is 1.77 bits per heavy atom. The van der Waals surface area contributed by atoms with E-state index in [0.29, 0.717) is 11.2 Å². The zero-order valence-corrected chi connectivity index (χ0v) is 15.3. The van der Waals surface area contributed by atoms with Crippen LogP contribution in [-0.4, -0.2) is 22.9 Å². The Kier molecular flexibility index (Phi) is 5.80. The van der Waals surface area contributed by atoms with E-state index in [-0.39, 0.29) is 24.8 Å². The van der Waals surface area contributed by atoms with Crippen LogP contribution in [-0.2, 0) is 23.1 Å². The second-order valence-corrected chi connectivity index (χ2v) is 6.83. The Morgan fingerprint density at radius 3 is 2.54 bits per heavy atom. The van der Waals surface area contributed by atoms with Crippen LogP contribution in [0.3, 0.4) is 0 Å². The highest BCUT2D eigenvalue weighted by molar-refractivity contribution is 7.16. The van der Waals surface area contributed by atoms with Gasteiger partial charge in [0.05, 0.1) is 16.6 Å². The molecule has 134 valence electrons. The van der Waals surface area contributed by atoms with Crippen LogP contribution in [0.15, 0.2) is 59.7 Å². The van der Waals surface area contributed by atoms with Gasteiger partial charge in [0.2, 0.25) is 16.6 Å². The molecule has 6 nitrogen and oxygen atoms in total. The van der Waals surface area contributed by atoms with Crippen molar-refractivity contribution in [1.82, 2.24) is 15.3 Å². The molecule has 2 aromatic carbocycles. The Balaban J connectivity index is 1.48. The summed E-state index contributed by atoms with van der Waals surface area (Å²) in [5.74, 6) is -0.334. The highest BCUT2D eigenvalue weighted by atomic mass is 32.1. The monoisotopic (exact) mass is 368 g/mol. The Bertz CT molecular complexity index is 976. The first kappa shape index (κ1) is 17.9. The average Bonchev–Trinajstić information content (AvgIpc) is 2.97. The van der Waals surface area contributed by atoms with Gasteiger partial charge >= 0.3 is 0 Å². The number of fused-ring (bicyclic) bond motifs is 1. The fraction of sp³-hybridized carbons (Fsp3) is 0.211. The molecule has 0 saturated heterocycles. The number of carbonyl (C=O) groups excluding carboxylic acids is 2. The summed E-state index contributed by atoms with van der Waals surface area (Å²) in [7, 11) is 1.91. The molecule has 0 aliphatic heterocycles. The van der Waals surface area contributed by atoms with Crippen molar-refractivity contribution < 1.29 is 9.59 Å². The van der Waals surface area contributed by atoms with E-state index in [2.05, 4.69) is 15.8 Å². The number of para-hydroxylation sites is 1. The minimum Gasteiger partial charge on any atom is -0.355 e. The van der Waals surface area contributed by atoms with Gasteiger partial charge in [0, 0.05) is 20.0 Å². The van der Waals surface area contributed by atoms with Gasteiger partial charge in [-0.2, -0.15) is 0 Å². The normalized spacial score (nSPS) is 11.5. The standard InChI is InChI=1S/C19H20N4O2S/c1-23-15-9-5-6-10-16(15)26-19(23)22-21-17(24)11-12-20-18(25)13-14-7-3-2-4-8-14/h2-10H,11-13H2,1H3,(H,20,25)(H,21,24)/b22-19-. The van der Waals surface area contributed by atoms with E-state index in [4.69, 9.17) is 0 Å². The molecular formula is C19H20N4O2S. The van der Waals surface area contributed by atoms with Gasteiger partial charge in [0.25, 0.3) is 0 Å². The Morgan fingerprint density at radius 1 is 1.04 bits per heavy atom. The van der Waals surface area contributed by atoms with E-state index in [1.165, 1.54) is 11.3 Å². The van der Waals surface area contributed by atoms with Crippen LogP contribution in [0.1, 0.15) is 12.0 Å². The number of thiazole rings is 1. The number of hydrogen-bond acceptors (Lipinski definition) is 4. The van der Waals surface area contributed by atoms with Crippen LogP contribution < -0.4 is 15.5 Å². The Labute approximate surface area is 155 Å². The van der Waals surface area contributed by atoms with Crippen LogP contribution in [0, 0.1) is 0 Å². The summed E-state index contributed by atoms with van der Waals surface area (Å²) in [5, 5.41) is 6.93. The summed E-state index contributed by atoms with van der Waals surface area (Å²) in [6, 6.07) is 17.5. The van der Waals surface area contributed by atoms with Gasteiger partial charge in [0.15, 0.2) is 0 Å². The number of benzene rings is 2. The maximum atomic E-state index is 11.9. The van der Waals surface area contributed by atoms with Crippen LogP contribution in [0.4, 0.5) is 0 Å². The first-order chi connectivity index (χ1) is 12.6. The highest BCUT2D eigenvalue weighted by Gasteiger charge is 2.06. The highest BCUT2D eigenvalue weighted by Crippen LogP contribution is 2.14. The molecule has 26 heavy (non-hydrogen) atoms. The summed E-state index contributed by atoms with van der Waals surface area (Å²) >= 11 is 1.51. The first-order valence-electron chi connectivity index (χ1n) is 8.31. The SMILES string of the molecule is Cn1/c(=N/NC(=O)CCNC(=O)Cc2ccccc2)sc2ccccc21. The molecule has 0 fully saturated rings. The number of nitrogens with zero attached hydrogens (tertiary/aromatic N) is 2. The number of aromatic nitrogens is 1. The summed E-state index contributed by atoms with van der Waals surface area (Å²) in [4.78, 5) is 24.5. The maximum Gasteiger partial charge on any atom is 0.241 e. The number of rotatable bonds is 6. The van der Waals surface area contributed by atoms with Crippen LogP contribution in [0.5, 0.6) is 0 Å². The van der Waals surface area contributed by atoms with Crippen molar-refractivity contribution in [3.05, 3.63) is 65.0 Å². The predicted molar refractivity (Wildman–Crippen MR) is 102 cm³/mol. The zero-order chi connectivity index (χ0) is 18.4. The molecule has 1 heterocycles. The van der Waals surface area contributed by atoms with Crippen molar-refractivity contribution >= 4 is 33.4 Å². The van der Waals surface area contributed by atoms with Gasteiger partial charge in [-0.25, -0.2) is 5.43 Å². The minimum absolute atomic E-state index is 0.100. The van der Waals surface area contributed by atoms with Gasteiger partial charge in [0.1, 0.15) is 0 Å². The quantitative estimate of drug-likeness (QED) is 0.652. The van der Waals surface area contributed by atoms with Crippen molar-refractivity contribution in [2.45, 2.75) is 12.8 Å². The van der Waals surface area contributed by atoms with E-state index in [0.717, 1.165) is 15.8 Å². The number of carbonyl (C=O) groups is 2. The van der Waals surface area contributed by atoms with Crippen LogP contribution in [0.25, 0.3) is 10.2 Å². The first-order valence-corrected chi connectivity index (χ1v) is 9.13. The van der Waals surface area contributed by atoms with Crippen molar-refractivity contribution in [1.29, 1.82) is 0 Å². The molecule has 7 heteroatoms. The summed E-state index contributed by atoms with van der Waals surface area (Å²) < 4.78 is 3.04. The minimum atomic E-state index is -0.234. The number of hydrogen-bond donors (Lipinski definition) is 2. The third-order valence-corrected chi connectivity index (χ3v) is 4.99. The third kappa shape index (κ3) is 4.58. The molecule has 0 aliphatic carbocycles. The molecule has 0 radical (unpaired) electrons. The topological polar surface area (TPSA) is 75.5 Å². The molecule has 0 bridgehead atoms. The van der Waals surface area contributed by atoms with Crippen LogP contribution in [0.2, 0.25) is 0 Å². The van der Waals surface area contributed by atoms with Gasteiger partial charge < -0.3 is 9.88 Å². The fourth-order valence-corrected chi connectivity index (χ4v) is 3.49. The smallest absolute Gasteiger partial charge is 0.241 e. The second-order valence-electron chi connectivity index (χ2n) is 5.82. The molecule has 1 aromatic heterocycles. The van der Waals surface area contributed by atoms with Crippen molar-refractivity contribution in [2.75, 3.05) is 6.54 Å². The summed E-state index contributed by atoms with van der Waals surface area (Å²) in [6.45, 7) is 0.283. The van der Waals surface area contributed by atoms with E-state index in [1.54, 1.807) is 0 Å². The maximum absolute atomic E-state index is 11.9. The van der Waals surface area contributed by atoms with Crippen molar-refractivity contribution in [3.8, 4) is 0 Å². The lowest BCUT2D eigenvalue weighted by Gasteiger charge is -2.04. The molecule has 3 rings (SSSR count). The molecule has 2 N–H and O–H groups in total. The van der Waals surface area contributed by atoms with Gasteiger partial charge in [-0.05, 0) is 17.7 Å². The largest absolute Gasteiger partial charge is 0.355 e. The zero-order valence-electron chi connectivity index (χ0n) is 14.4. The average molecular weight is 368 g/mol. The molecule has 2 amide bonds. The van der Waals surface area contributed by atoms with Gasteiger partial charge in [-0.15, -0.1) is 5.10 Å². The molecule has 0 aliphatic rings. The third-order valence-electron chi connectivity index (χ3n) is 3.87. The lowest BCUT2D eigenvalue weighted by atomic mass is 10.1. The molecule has 0 spiro atoms. The summed E-state index contributed by atoms with van der Waals surface area (Å²) in [6.07, 6.45) is 0.489. The van der Waals surface area contributed by atoms with E-state index in [9.17, 15) is 9.59 Å². The molecule has 0 atom stereocenters. The number of amides is 2. The predicted octanol–water partition coefficient (Wildman–Crippen LogP) is 1.92. The van der Waals surface area contributed by atoms with Crippen molar-refractivity contribution in [2.24, 2.45) is 12.1 Å². The van der Waals surface area contributed by atoms with Crippen molar-refractivity contribution in [3.63, 3.8) is 0 Å². The lowest BCUT2D eigenvalue weighted by molar-refractivity contribution is -0.122. The molecule has 0 unspecified atom stereocenters. The molecular weight excluding hydrogens is 348 g/mol. The lowest BCUT2D eigenvalue weighted by Crippen LogP contribution is -2.30. The number of nitrogens with one attached hydrogen (secondary N) is 2. The van der Waals surface area contributed by atoms with Crippen LogP contribution >= 0.6 is 11.3 Å². The Hall–Kier alpha value is -2.93. The van der Waals surface area contributed by atoms with E-state index < -0.39 is 0 Å². The summed E-state index contributed by atoms with van der Waals surface area (Å²) in [5.41, 5.74) is 4.56. The fourth-order valence-electron chi connectivity index (χ4n) is 2.51. The number of aryl methyl sites for hydroxylation is 1. The van der Waals surface area contributed by atoms with E-state index in [1.807, 2.05) is 66.2 Å². The van der Waals surface area contributed by atoms with E-state index >= 15 is 0 Å². The molecule has 0 saturated carbocycles. The molecule has 3 aromatic rings.